The van der Waals surface area contributed by atoms with Gasteiger partial charge in [-0.3, -0.25) is 0 Å². The van der Waals surface area contributed by atoms with Crippen LogP contribution in [0.1, 0.15) is 0 Å². The fourth-order valence-electron chi connectivity index (χ4n) is 2.51. The van der Waals surface area contributed by atoms with Gasteiger partial charge >= 0.3 is 0 Å². The molecular formula is C19H14F2O2. The lowest BCUT2D eigenvalue weighted by Gasteiger charge is -2.11. The zero-order valence-corrected chi connectivity index (χ0v) is 12.4. The van der Waals surface area contributed by atoms with Gasteiger partial charge in [0.1, 0.15) is 23.1 Å². The van der Waals surface area contributed by atoms with Crippen LogP contribution in [-0.4, -0.2) is 12.2 Å². The number of benzene rings is 3. The van der Waals surface area contributed by atoms with E-state index in [2.05, 4.69) is 0 Å². The molecule has 0 spiro atoms. The van der Waals surface area contributed by atoms with Crippen molar-refractivity contribution in [3.63, 3.8) is 0 Å². The van der Waals surface area contributed by atoms with E-state index in [4.69, 9.17) is 4.74 Å². The number of phenols is 1. The summed E-state index contributed by atoms with van der Waals surface area (Å²) in [6, 6.07) is 15.0. The molecule has 116 valence electrons. The molecule has 0 aliphatic heterocycles. The smallest absolute Gasteiger partial charge is 0.126 e. The molecule has 0 heterocycles. The predicted molar refractivity (Wildman–Crippen MR) is 85.4 cm³/mol. The number of aromatic hydroxyl groups is 1. The summed E-state index contributed by atoms with van der Waals surface area (Å²) in [5, 5.41) is 9.99. The third kappa shape index (κ3) is 3.16. The quantitative estimate of drug-likeness (QED) is 0.736. The van der Waals surface area contributed by atoms with Crippen molar-refractivity contribution in [3.05, 3.63) is 72.3 Å². The van der Waals surface area contributed by atoms with E-state index in [0.717, 1.165) is 0 Å². The number of phenolic OH excluding ortho intramolecular Hbond substituents is 1. The van der Waals surface area contributed by atoms with Gasteiger partial charge in [-0.15, -0.1) is 0 Å². The fraction of sp³-hybridized carbons (Fsp3) is 0.0526. The van der Waals surface area contributed by atoms with E-state index in [1.807, 2.05) is 0 Å². The summed E-state index contributed by atoms with van der Waals surface area (Å²) < 4.78 is 32.2. The number of methoxy groups -OCH3 is 1. The first-order valence-corrected chi connectivity index (χ1v) is 7.01. The molecule has 23 heavy (non-hydrogen) atoms. The number of rotatable bonds is 3. The number of hydrogen-bond acceptors (Lipinski definition) is 2. The maximum Gasteiger partial charge on any atom is 0.126 e. The lowest BCUT2D eigenvalue weighted by molar-refractivity contribution is 0.415. The van der Waals surface area contributed by atoms with Crippen LogP contribution < -0.4 is 4.74 Å². The monoisotopic (exact) mass is 312 g/mol. The minimum Gasteiger partial charge on any atom is -0.508 e. The van der Waals surface area contributed by atoms with Crippen molar-refractivity contribution < 1.29 is 18.6 Å². The molecule has 2 nitrogen and oxygen atoms in total. The van der Waals surface area contributed by atoms with Gasteiger partial charge in [0.2, 0.25) is 0 Å². The van der Waals surface area contributed by atoms with Crippen LogP contribution in [0.5, 0.6) is 11.5 Å². The molecule has 0 saturated heterocycles. The molecule has 3 rings (SSSR count). The molecule has 0 radical (unpaired) electrons. The third-order valence-electron chi connectivity index (χ3n) is 3.55. The van der Waals surface area contributed by atoms with Crippen molar-refractivity contribution in [2.75, 3.05) is 7.11 Å². The summed E-state index contributed by atoms with van der Waals surface area (Å²) >= 11 is 0. The Morgan fingerprint density at radius 1 is 0.783 bits per heavy atom. The molecule has 0 saturated carbocycles. The summed E-state index contributed by atoms with van der Waals surface area (Å²) in [7, 11) is 1.49. The van der Waals surface area contributed by atoms with Crippen LogP contribution in [0.4, 0.5) is 8.78 Å². The molecule has 0 bridgehead atoms. The predicted octanol–water partition coefficient (Wildman–Crippen LogP) is 5.01. The zero-order valence-electron chi connectivity index (χ0n) is 12.4. The van der Waals surface area contributed by atoms with Crippen molar-refractivity contribution in [1.29, 1.82) is 0 Å². The van der Waals surface area contributed by atoms with Crippen LogP contribution >= 0.6 is 0 Å². The highest BCUT2D eigenvalue weighted by atomic mass is 19.1. The fourth-order valence-corrected chi connectivity index (χ4v) is 2.51. The lowest BCUT2D eigenvalue weighted by atomic mass is 9.98. The van der Waals surface area contributed by atoms with Crippen molar-refractivity contribution in [2.45, 2.75) is 0 Å². The number of hydrogen-bond donors (Lipinski definition) is 1. The Morgan fingerprint density at radius 2 is 1.52 bits per heavy atom. The van der Waals surface area contributed by atoms with Crippen LogP contribution in [0, 0.1) is 11.6 Å². The second kappa shape index (κ2) is 6.08. The van der Waals surface area contributed by atoms with Crippen LogP contribution in [0.3, 0.4) is 0 Å². The maximum atomic E-state index is 13.6. The van der Waals surface area contributed by atoms with Crippen molar-refractivity contribution in [2.24, 2.45) is 0 Å². The third-order valence-corrected chi connectivity index (χ3v) is 3.55. The largest absolute Gasteiger partial charge is 0.508 e. The lowest BCUT2D eigenvalue weighted by Crippen LogP contribution is -1.90. The maximum absolute atomic E-state index is 13.6. The average molecular weight is 312 g/mol. The zero-order chi connectivity index (χ0) is 16.4. The first-order valence-electron chi connectivity index (χ1n) is 7.01. The van der Waals surface area contributed by atoms with E-state index in [9.17, 15) is 13.9 Å². The molecule has 0 aliphatic carbocycles. The van der Waals surface area contributed by atoms with Gasteiger partial charge in [0.15, 0.2) is 0 Å². The van der Waals surface area contributed by atoms with Gasteiger partial charge < -0.3 is 9.84 Å². The van der Waals surface area contributed by atoms with Gasteiger partial charge in [0.05, 0.1) is 7.11 Å². The molecular weight excluding hydrogens is 298 g/mol. The van der Waals surface area contributed by atoms with Crippen LogP contribution in [0.15, 0.2) is 60.7 Å². The molecule has 4 heteroatoms. The minimum absolute atomic E-state index is 0.00748. The highest BCUT2D eigenvalue weighted by Crippen LogP contribution is 2.36. The van der Waals surface area contributed by atoms with Gasteiger partial charge in [-0.05, 0) is 65.2 Å². The van der Waals surface area contributed by atoms with Crippen molar-refractivity contribution >= 4 is 0 Å². The Labute approximate surface area is 132 Å². The highest BCUT2D eigenvalue weighted by molar-refractivity contribution is 5.78. The summed E-state index contributed by atoms with van der Waals surface area (Å²) in [4.78, 5) is 0. The molecule has 0 aromatic heterocycles. The average Bonchev–Trinajstić information content (AvgIpc) is 2.54. The van der Waals surface area contributed by atoms with E-state index < -0.39 is 5.82 Å². The normalized spacial score (nSPS) is 10.6. The van der Waals surface area contributed by atoms with Crippen LogP contribution in [0.2, 0.25) is 0 Å². The summed E-state index contributed by atoms with van der Waals surface area (Å²) in [6.07, 6.45) is 0. The van der Waals surface area contributed by atoms with Gasteiger partial charge in [0.25, 0.3) is 0 Å². The standard InChI is InChI=1S/C19H14F2O2/c1-23-19-6-5-16(21)11-18(19)14-7-13(9-17(22)10-14)12-3-2-4-15(20)8-12/h2-11,22H,1H3. The van der Waals surface area contributed by atoms with E-state index >= 15 is 0 Å². The Bertz CT molecular complexity index is 860. The Kier molecular flexibility index (Phi) is 3.98. The van der Waals surface area contributed by atoms with Gasteiger partial charge in [-0.2, -0.15) is 0 Å². The molecule has 0 unspecified atom stereocenters. The first-order chi connectivity index (χ1) is 11.1. The SMILES string of the molecule is COc1ccc(F)cc1-c1cc(O)cc(-c2cccc(F)c2)c1. The summed E-state index contributed by atoms with van der Waals surface area (Å²) in [6.45, 7) is 0. The molecule has 3 aromatic rings. The van der Waals surface area contributed by atoms with Crippen molar-refractivity contribution in [1.82, 2.24) is 0 Å². The van der Waals surface area contributed by atoms with E-state index in [0.29, 0.717) is 28.0 Å². The van der Waals surface area contributed by atoms with Crippen LogP contribution in [-0.2, 0) is 0 Å². The number of ether oxygens (including phenoxy) is 1. The van der Waals surface area contributed by atoms with E-state index in [1.165, 1.54) is 49.6 Å². The summed E-state index contributed by atoms with van der Waals surface area (Å²) in [5.74, 6) is -0.276. The molecule has 0 amide bonds. The second-order valence-electron chi connectivity index (χ2n) is 5.12. The second-order valence-corrected chi connectivity index (χ2v) is 5.12. The topological polar surface area (TPSA) is 29.5 Å². The van der Waals surface area contributed by atoms with Crippen molar-refractivity contribution in [3.8, 4) is 33.8 Å². The number of halogens is 2. The van der Waals surface area contributed by atoms with Gasteiger partial charge in [0, 0.05) is 5.56 Å². The minimum atomic E-state index is -0.406. The molecule has 0 aliphatic rings. The Morgan fingerprint density at radius 3 is 2.26 bits per heavy atom. The van der Waals surface area contributed by atoms with Crippen LogP contribution in [0.25, 0.3) is 22.3 Å². The molecule has 0 atom stereocenters. The first kappa shape index (κ1) is 15.0. The van der Waals surface area contributed by atoms with E-state index in [1.54, 1.807) is 18.2 Å². The van der Waals surface area contributed by atoms with E-state index in [-0.39, 0.29) is 11.6 Å². The summed E-state index contributed by atoms with van der Waals surface area (Å²) in [5.41, 5.74) is 2.35. The molecule has 0 fully saturated rings. The molecule has 1 N–H and O–H groups in total. The Hall–Kier alpha value is -2.88. The van der Waals surface area contributed by atoms with Gasteiger partial charge in [-0.25, -0.2) is 8.78 Å². The van der Waals surface area contributed by atoms with Gasteiger partial charge in [-0.1, -0.05) is 12.1 Å². The highest BCUT2D eigenvalue weighted by Gasteiger charge is 2.11. The Balaban J connectivity index is 2.17. The molecule has 3 aromatic carbocycles.